The Labute approximate surface area is 143 Å². The number of rotatable bonds is 3. The van der Waals surface area contributed by atoms with Crippen molar-refractivity contribution in [2.24, 2.45) is 0 Å². The van der Waals surface area contributed by atoms with Gasteiger partial charge in [-0.2, -0.15) is 5.10 Å². The summed E-state index contributed by atoms with van der Waals surface area (Å²) in [5.74, 6) is 0.449. The number of para-hydroxylation sites is 1. The molecular weight excluding hydrogens is 319 g/mol. The second-order valence-corrected chi connectivity index (χ2v) is 5.69. The van der Waals surface area contributed by atoms with E-state index in [0.717, 1.165) is 28.1 Å². The molecule has 0 atom stereocenters. The third-order valence-corrected chi connectivity index (χ3v) is 4.10. The Hall–Kier alpha value is -3.28. The number of aryl methyl sites for hydroxylation is 1. The maximum atomic E-state index is 13.4. The van der Waals surface area contributed by atoms with Gasteiger partial charge in [-0.05, 0) is 42.8 Å². The summed E-state index contributed by atoms with van der Waals surface area (Å²) in [4.78, 5) is 9.12. The molecule has 124 valence electrons. The first-order valence-electron chi connectivity index (χ1n) is 7.78. The van der Waals surface area contributed by atoms with E-state index < -0.39 is 0 Å². The standard InChI is InChI=1S/C19H15FN4O/c1-11-9-12(20)7-8-13(11)17-18-19(24-23-17)21-10-15(22-18)14-5-3-4-6-16(14)25-2/h3-10H,1-2H3,(H,21,23,24). The summed E-state index contributed by atoms with van der Waals surface area (Å²) in [6.07, 6.45) is 1.67. The summed E-state index contributed by atoms with van der Waals surface area (Å²) in [6, 6.07) is 12.3. The van der Waals surface area contributed by atoms with Crippen LogP contribution >= 0.6 is 0 Å². The van der Waals surface area contributed by atoms with E-state index in [0.29, 0.717) is 16.9 Å². The highest BCUT2D eigenvalue weighted by atomic mass is 19.1. The van der Waals surface area contributed by atoms with Crippen LogP contribution in [0.1, 0.15) is 5.56 Å². The zero-order chi connectivity index (χ0) is 17.4. The molecule has 0 saturated heterocycles. The number of nitrogens with one attached hydrogen (secondary N) is 1. The Morgan fingerprint density at radius 3 is 2.72 bits per heavy atom. The normalized spacial score (nSPS) is 11.0. The number of hydrogen-bond acceptors (Lipinski definition) is 4. The summed E-state index contributed by atoms with van der Waals surface area (Å²) in [5.41, 5.74) is 5.05. The molecule has 2 aromatic carbocycles. The molecule has 2 aromatic heterocycles. The minimum atomic E-state index is -0.272. The summed E-state index contributed by atoms with van der Waals surface area (Å²) < 4.78 is 18.8. The number of hydrogen-bond donors (Lipinski definition) is 1. The van der Waals surface area contributed by atoms with E-state index in [-0.39, 0.29) is 5.82 Å². The number of ether oxygens (including phenoxy) is 1. The highest BCUT2D eigenvalue weighted by molar-refractivity contribution is 5.89. The molecule has 0 aliphatic heterocycles. The molecule has 0 saturated carbocycles. The third-order valence-electron chi connectivity index (χ3n) is 4.10. The van der Waals surface area contributed by atoms with Crippen LogP contribution in [0.25, 0.3) is 33.7 Å². The number of aromatic amines is 1. The quantitative estimate of drug-likeness (QED) is 0.611. The number of fused-ring (bicyclic) bond motifs is 1. The van der Waals surface area contributed by atoms with Gasteiger partial charge in [-0.25, -0.2) is 14.4 Å². The van der Waals surface area contributed by atoms with Crippen molar-refractivity contribution in [3.63, 3.8) is 0 Å². The number of nitrogens with zero attached hydrogens (tertiary/aromatic N) is 3. The molecule has 25 heavy (non-hydrogen) atoms. The average molecular weight is 334 g/mol. The maximum Gasteiger partial charge on any atom is 0.200 e. The fourth-order valence-electron chi connectivity index (χ4n) is 2.88. The molecule has 4 aromatic rings. The van der Waals surface area contributed by atoms with Crippen LogP contribution in [0, 0.1) is 12.7 Å². The molecule has 0 bridgehead atoms. The number of halogens is 1. The summed E-state index contributed by atoms with van der Waals surface area (Å²) in [6.45, 7) is 1.85. The van der Waals surface area contributed by atoms with Gasteiger partial charge < -0.3 is 4.74 Å². The molecule has 0 radical (unpaired) electrons. The first-order chi connectivity index (χ1) is 12.2. The third kappa shape index (κ3) is 2.61. The van der Waals surface area contributed by atoms with Crippen molar-refractivity contribution in [3.8, 4) is 28.3 Å². The number of benzene rings is 2. The van der Waals surface area contributed by atoms with E-state index in [1.54, 1.807) is 19.4 Å². The summed E-state index contributed by atoms with van der Waals surface area (Å²) in [5, 5.41) is 7.18. The Balaban J connectivity index is 1.91. The van der Waals surface area contributed by atoms with Gasteiger partial charge in [0.2, 0.25) is 0 Å². The van der Waals surface area contributed by atoms with Crippen LogP contribution in [0.3, 0.4) is 0 Å². The second kappa shape index (κ2) is 5.98. The lowest BCUT2D eigenvalue weighted by Crippen LogP contribution is -1.92. The van der Waals surface area contributed by atoms with Crippen molar-refractivity contribution < 1.29 is 9.13 Å². The molecule has 6 heteroatoms. The van der Waals surface area contributed by atoms with Gasteiger partial charge in [0.15, 0.2) is 5.65 Å². The molecule has 0 amide bonds. The number of aromatic nitrogens is 4. The van der Waals surface area contributed by atoms with Crippen LogP contribution in [0.5, 0.6) is 5.75 Å². The largest absolute Gasteiger partial charge is 0.496 e. The van der Waals surface area contributed by atoms with Crippen molar-refractivity contribution in [1.29, 1.82) is 0 Å². The number of H-pyrrole nitrogens is 1. The van der Waals surface area contributed by atoms with E-state index in [4.69, 9.17) is 9.72 Å². The van der Waals surface area contributed by atoms with Crippen molar-refractivity contribution in [2.75, 3.05) is 7.11 Å². The van der Waals surface area contributed by atoms with Gasteiger partial charge in [0, 0.05) is 11.1 Å². The first-order valence-corrected chi connectivity index (χ1v) is 7.78. The van der Waals surface area contributed by atoms with Crippen LogP contribution in [0.15, 0.2) is 48.7 Å². The maximum absolute atomic E-state index is 13.4. The lowest BCUT2D eigenvalue weighted by Gasteiger charge is -2.08. The van der Waals surface area contributed by atoms with Crippen molar-refractivity contribution in [3.05, 3.63) is 60.0 Å². The van der Waals surface area contributed by atoms with E-state index in [2.05, 4.69) is 15.2 Å². The molecule has 0 fully saturated rings. The number of methoxy groups -OCH3 is 1. The van der Waals surface area contributed by atoms with Gasteiger partial charge in [-0.1, -0.05) is 12.1 Å². The Morgan fingerprint density at radius 2 is 1.92 bits per heavy atom. The zero-order valence-corrected chi connectivity index (χ0v) is 13.7. The van der Waals surface area contributed by atoms with Gasteiger partial charge in [0.25, 0.3) is 0 Å². The molecule has 5 nitrogen and oxygen atoms in total. The predicted octanol–water partition coefficient (Wildman–Crippen LogP) is 4.14. The molecule has 0 unspecified atom stereocenters. The van der Waals surface area contributed by atoms with E-state index in [1.165, 1.54) is 12.1 Å². The van der Waals surface area contributed by atoms with Gasteiger partial charge >= 0.3 is 0 Å². The van der Waals surface area contributed by atoms with Crippen molar-refractivity contribution >= 4 is 11.2 Å². The van der Waals surface area contributed by atoms with E-state index >= 15 is 0 Å². The Kier molecular flexibility index (Phi) is 3.65. The molecule has 1 N–H and O–H groups in total. The van der Waals surface area contributed by atoms with Gasteiger partial charge in [-0.3, -0.25) is 5.10 Å². The molecule has 0 aliphatic carbocycles. The highest BCUT2D eigenvalue weighted by Crippen LogP contribution is 2.31. The van der Waals surface area contributed by atoms with E-state index in [9.17, 15) is 4.39 Å². The van der Waals surface area contributed by atoms with Gasteiger partial charge in [-0.15, -0.1) is 0 Å². The zero-order valence-electron chi connectivity index (χ0n) is 13.7. The first kappa shape index (κ1) is 15.3. The van der Waals surface area contributed by atoms with Crippen LogP contribution in [-0.2, 0) is 0 Å². The van der Waals surface area contributed by atoms with Gasteiger partial charge in [0.05, 0.1) is 24.7 Å². The monoisotopic (exact) mass is 334 g/mol. The molecule has 2 heterocycles. The molecule has 0 spiro atoms. The van der Waals surface area contributed by atoms with Crippen molar-refractivity contribution in [1.82, 2.24) is 20.2 Å². The minimum absolute atomic E-state index is 0.272. The van der Waals surface area contributed by atoms with Crippen LogP contribution in [0.2, 0.25) is 0 Å². The minimum Gasteiger partial charge on any atom is -0.496 e. The molecule has 0 aliphatic rings. The summed E-state index contributed by atoms with van der Waals surface area (Å²) in [7, 11) is 1.62. The smallest absolute Gasteiger partial charge is 0.200 e. The molecular formula is C19H15FN4O. The lowest BCUT2D eigenvalue weighted by atomic mass is 10.0. The fourth-order valence-corrected chi connectivity index (χ4v) is 2.88. The Bertz CT molecular complexity index is 1070. The second-order valence-electron chi connectivity index (χ2n) is 5.69. The summed E-state index contributed by atoms with van der Waals surface area (Å²) >= 11 is 0. The average Bonchev–Trinajstić information content (AvgIpc) is 3.04. The van der Waals surface area contributed by atoms with Crippen LogP contribution in [-0.4, -0.2) is 27.3 Å². The molecule has 4 rings (SSSR count). The topological polar surface area (TPSA) is 63.7 Å². The SMILES string of the molecule is COc1ccccc1-c1cnc2n[nH]c(-c3ccc(F)cc3C)c2n1. The van der Waals surface area contributed by atoms with Gasteiger partial charge in [0.1, 0.15) is 17.1 Å². The predicted molar refractivity (Wildman–Crippen MR) is 93.8 cm³/mol. The highest BCUT2D eigenvalue weighted by Gasteiger charge is 2.15. The lowest BCUT2D eigenvalue weighted by molar-refractivity contribution is 0.416. The fraction of sp³-hybridized carbons (Fsp3) is 0.105. The van der Waals surface area contributed by atoms with Crippen LogP contribution < -0.4 is 4.74 Å². The van der Waals surface area contributed by atoms with Crippen molar-refractivity contribution in [2.45, 2.75) is 6.92 Å². The van der Waals surface area contributed by atoms with Crippen LogP contribution in [0.4, 0.5) is 4.39 Å². The Morgan fingerprint density at radius 1 is 1.08 bits per heavy atom. The van der Waals surface area contributed by atoms with E-state index in [1.807, 2.05) is 31.2 Å².